The Labute approximate surface area is 175 Å². The highest BCUT2D eigenvalue weighted by atomic mass is 32.1. The second kappa shape index (κ2) is 8.08. The number of hydrogen-bond acceptors (Lipinski definition) is 5. The molecule has 0 unspecified atom stereocenters. The van der Waals surface area contributed by atoms with Crippen molar-refractivity contribution in [2.75, 3.05) is 12.4 Å². The predicted octanol–water partition coefficient (Wildman–Crippen LogP) is 4.43. The SMILES string of the molecule is COc1ccccc1CN1C(=O)C(Nc2ccc(F)c(F)c2)=C(c2cccs2)C1=O. The molecule has 2 amide bonds. The lowest BCUT2D eigenvalue weighted by Gasteiger charge is -2.17. The maximum Gasteiger partial charge on any atom is 0.278 e. The summed E-state index contributed by atoms with van der Waals surface area (Å²) in [5, 5.41) is 4.60. The molecule has 1 aliphatic heterocycles. The van der Waals surface area contributed by atoms with Crippen molar-refractivity contribution < 1.29 is 23.1 Å². The van der Waals surface area contributed by atoms with Gasteiger partial charge in [0.1, 0.15) is 11.4 Å². The van der Waals surface area contributed by atoms with Crippen LogP contribution < -0.4 is 10.1 Å². The van der Waals surface area contributed by atoms with Crippen LogP contribution >= 0.6 is 11.3 Å². The van der Waals surface area contributed by atoms with Crippen LogP contribution in [0.4, 0.5) is 14.5 Å². The molecule has 0 fully saturated rings. The van der Waals surface area contributed by atoms with Crippen molar-refractivity contribution in [3.63, 3.8) is 0 Å². The van der Waals surface area contributed by atoms with Crippen LogP contribution in [-0.4, -0.2) is 23.8 Å². The van der Waals surface area contributed by atoms with Gasteiger partial charge in [0.05, 0.1) is 19.2 Å². The van der Waals surface area contributed by atoms with Crippen molar-refractivity contribution in [1.82, 2.24) is 4.90 Å². The minimum absolute atomic E-state index is 0.0134. The Morgan fingerprint density at radius 1 is 1.00 bits per heavy atom. The molecule has 0 saturated carbocycles. The largest absolute Gasteiger partial charge is 0.496 e. The number of hydrogen-bond donors (Lipinski definition) is 1. The molecule has 1 aromatic heterocycles. The Morgan fingerprint density at radius 3 is 2.50 bits per heavy atom. The van der Waals surface area contributed by atoms with Crippen LogP contribution in [0.15, 0.2) is 65.7 Å². The molecule has 2 aromatic carbocycles. The van der Waals surface area contributed by atoms with Crippen molar-refractivity contribution >= 4 is 34.4 Å². The summed E-state index contributed by atoms with van der Waals surface area (Å²) in [5.74, 6) is -2.53. The van der Waals surface area contributed by atoms with Gasteiger partial charge in [-0.05, 0) is 29.6 Å². The third-order valence-corrected chi connectivity index (χ3v) is 5.53. The van der Waals surface area contributed by atoms with E-state index in [2.05, 4.69) is 5.32 Å². The van der Waals surface area contributed by atoms with E-state index >= 15 is 0 Å². The third-order valence-electron chi connectivity index (χ3n) is 4.65. The van der Waals surface area contributed by atoms with E-state index in [1.54, 1.807) is 41.8 Å². The standard InChI is InChI=1S/C22H16F2N2O3S/c1-29-17-6-3-2-5-13(17)12-26-21(27)19(18-7-4-10-30-18)20(22(26)28)25-14-8-9-15(23)16(24)11-14/h2-11,25H,12H2,1H3. The Morgan fingerprint density at radius 2 is 1.80 bits per heavy atom. The topological polar surface area (TPSA) is 58.6 Å². The molecule has 0 aliphatic carbocycles. The summed E-state index contributed by atoms with van der Waals surface area (Å²) in [5.41, 5.74) is 1.04. The zero-order chi connectivity index (χ0) is 21.3. The van der Waals surface area contributed by atoms with Crippen molar-refractivity contribution in [3.8, 4) is 5.75 Å². The number of methoxy groups -OCH3 is 1. The van der Waals surface area contributed by atoms with E-state index < -0.39 is 23.4 Å². The molecule has 0 spiro atoms. The number of benzene rings is 2. The maximum atomic E-state index is 13.6. The van der Waals surface area contributed by atoms with E-state index in [0.717, 1.165) is 17.0 Å². The Balaban J connectivity index is 1.72. The summed E-state index contributed by atoms with van der Waals surface area (Å²) in [6.45, 7) is 0.0134. The quantitative estimate of drug-likeness (QED) is 0.593. The van der Waals surface area contributed by atoms with Gasteiger partial charge >= 0.3 is 0 Å². The maximum absolute atomic E-state index is 13.6. The zero-order valence-electron chi connectivity index (χ0n) is 15.8. The van der Waals surface area contributed by atoms with E-state index in [4.69, 9.17) is 4.74 Å². The lowest BCUT2D eigenvalue weighted by atomic mass is 10.1. The van der Waals surface area contributed by atoms with Crippen LogP contribution in [0, 0.1) is 11.6 Å². The molecule has 8 heteroatoms. The van der Waals surface area contributed by atoms with Gasteiger partial charge in [0.25, 0.3) is 11.8 Å². The normalized spacial score (nSPS) is 13.9. The number of nitrogens with zero attached hydrogens (tertiary/aromatic N) is 1. The predicted molar refractivity (Wildman–Crippen MR) is 110 cm³/mol. The fourth-order valence-corrected chi connectivity index (χ4v) is 3.98. The lowest BCUT2D eigenvalue weighted by Crippen LogP contribution is -2.32. The van der Waals surface area contributed by atoms with Crippen LogP contribution in [0.25, 0.3) is 5.57 Å². The van der Waals surface area contributed by atoms with Gasteiger partial charge in [0.2, 0.25) is 0 Å². The molecule has 152 valence electrons. The molecule has 30 heavy (non-hydrogen) atoms. The van der Waals surface area contributed by atoms with Gasteiger partial charge in [-0.1, -0.05) is 24.3 Å². The van der Waals surface area contributed by atoms with Gasteiger partial charge < -0.3 is 10.1 Å². The van der Waals surface area contributed by atoms with Crippen molar-refractivity contribution in [2.24, 2.45) is 0 Å². The smallest absolute Gasteiger partial charge is 0.278 e. The van der Waals surface area contributed by atoms with Gasteiger partial charge in [-0.25, -0.2) is 8.78 Å². The number of thiophene rings is 1. The fraction of sp³-hybridized carbons (Fsp3) is 0.0909. The van der Waals surface area contributed by atoms with Gasteiger partial charge in [0, 0.05) is 22.2 Å². The first-order valence-electron chi connectivity index (χ1n) is 8.98. The minimum Gasteiger partial charge on any atom is -0.496 e. The minimum atomic E-state index is -1.05. The molecule has 4 rings (SSSR count). The summed E-state index contributed by atoms with van der Waals surface area (Å²) in [6, 6.07) is 13.8. The number of imide groups is 1. The second-order valence-electron chi connectivity index (χ2n) is 6.49. The monoisotopic (exact) mass is 426 g/mol. The molecule has 2 heterocycles. The molecular formula is C22H16F2N2O3S. The van der Waals surface area contributed by atoms with Crippen molar-refractivity contribution in [1.29, 1.82) is 0 Å². The highest BCUT2D eigenvalue weighted by Gasteiger charge is 2.40. The van der Waals surface area contributed by atoms with E-state index in [9.17, 15) is 18.4 Å². The molecular weight excluding hydrogens is 410 g/mol. The molecule has 1 N–H and O–H groups in total. The second-order valence-corrected chi connectivity index (χ2v) is 7.44. The number of carbonyl (C=O) groups excluding carboxylic acids is 2. The van der Waals surface area contributed by atoms with Gasteiger partial charge in [-0.2, -0.15) is 0 Å². The van der Waals surface area contributed by atoms with Crippen LogP contribution in [0.3, 0.4) is 0 Å². The van der Waals surface area contributed by atoms with Crippen LogP contribution in [0.1, 0.15) is 10.4 Å². The first kappa shape index (κ1) is 19.8. The van der Waals surface area contributed by atoms with Crippen LogP contribution in [0.5, 0.6) is 5.75 Å². The van der Waals surface area contributed by atoms with E-state index in [-0.39, 0.29) is 23.5 Å². The number of rotatable bonds is 6. The van der Waals surface area contributed by atoms with Crippen molar-refractivity contribution in [3.05, 3.63) is 87.7 Å². The lowest BCUT2D eigenvalue weighted by molar-refractivity contribution is -0.137. The van der Waals surface area contributed by atoms with E-state index in [1.165, 1.54) is 24.5 Å². The Bertz CT molecular complexity index is 1160. The summed E-state index contributed by atoms with van der Waals surface area (Å²) in [6.07, 6.45) is 0. The molecule has 1 aliphatic rings. The number of nitrogens with one attached hydrogen (secondary N) is 1. The Kier molecular flexibility index (Phi) is 5.33. The third kappa shape index (κ3) is 3.57. The summed E-state index contributed by atoms with van der Waals surface area (Å²) in [7, 11) is 1.51. The number of amides is 2. The van der Waals surface area contributed by atoms with Gasteiger partial charge in [-0.15, -0.1) is 11.3 Å². The summed E-state index contributed by atoms with van der Waals surface area (Å²) < 4.78 is 32.2. The highest BCUT2D eigenvalue weighted by molar-refractivity contribution is 7.11. The summed E-state index contributed by atoms with van der Waals surface area (Å²) in [4.78, 5) is 28.0. The van der Waals surface area contributed by atoms with Gasteiger partial charge in [-0.3, -0.25) is 14.5 Å². The molecule has 0 saturated heterocycles. The van der Waals surface area contributed by atoms with Crippen molar-refractivity contribution in [2.45, 2.75) is 6.54 Å². The zero-order valence-corrected chi connectivity index (χ0v) is 16.6. The highest BCUT2D eigenvalue weighted by Crippen LogP contribution is 2.34. The number of carbonyl (C=O) groups is 2. The molecule has 3 aromatic rings. The first-order chi connectivity index (χ1) is 14.5. The van der Waals surface area contributed by atoms with Crippen LogP contribution in [0.2, 0.25) is 0 Å². The number of anilines is 1. The Hall–Kier alpha value is -3.52. The number of ether oxygens (including phenoxy) is 1. The van der Waals surface area contributed by atoms with Gasteiger partial charge in [0.15, 0.2) is 11.6 Å². The molecule has 0 atom stereocenters. The van der Waals surface area contributed by atoms with E-state index in [1.807, 2.05) is 0 Å². The average Bonchev–Trinajstić information content (AvgIpc) is 3.34. The number of para-hydroxylation sites is 1. The molecule has 5 nitrogen and oxygen atoms in total. The van der Waals surface area contributed by atoms with Crippen LogP contribution in [-0.2, 0) is 16.1 Å². The average molecular weight is 426 g/mol. The summed E-state index contributed by atoms with van der Waals surface area (Å²) >= 11 is 1.31. The van der Waals surface area contributed by atoms with E-state index in [0.29, 0.717) is 16.2 Å². The molecule has 0 bridgehead atoms. The fourth-order valence-electron chi connectivity index (χ4n) is 3.21. The first-order valence-corrected chi connectivity index (χ1v) is 9.86. The molecule has 0 radical (unpaired) electrons. The number of halogens is 2.